The SMILES string of the molecule is COC(=O)C(=O)[C@H](Cl)c1ccccc1F. The number of esters is 1. The zero-order chi connectivity index (χ0) is 11.4. The second-order valence-corrected chi connectivity index (χ2v) is 3.18. The Balaban J connectivity index is 2.95. The number of carbonyl (C=O) groups excluding carboxylic acids is 2. The number of rotatable bonds is 3. The zero-order valence-electron chi connectivity index (χ0n) is 7.87. The van der Waals surface area contributed by atoms with Gasteiger partial charge in [0, 0.05) is 5.56 Å². The first-order valence-corrected chi connectivity index (χ1v) is 4.52. The van der Waals surface area contributed by atoms with Crippen LogP contribution in [0.5, 0.6) is 0 Å². The Morgan fingerprint density at radius 1 is 1.40 bits per heavy atom. The van der Waals surface area contributed by atoms with E-state index in [0.29, 0.717) is 0 Å². The van der Waals surface area contributed by atoms with Crippen molar-refractivity contribution in [1.82, 2.24) is 0 Å². The van der Waals surface area contributed by atoms with Gasteiger partial charge in [-0.1, -0.05) is 18.2 Å². The first kappa shape index (κ1) is 11.7. The molecule has 0 heterocycles. The largest absolute Gasteiger partial charge is 0.463 e. The molecule has 0 saturated carbocycles. The fourth-order valence-corrected chi connectivity index (χ4v) is 1.29. The van der Waals surface area contributed by atoms with Crippen LogP contribution in [0.4, 0.5) is 4.39 Å². The van der Waals surface area contributed by atoms with Gasteiger partial charge < -0.3 is 4.74 Å². The lowest BCUT2D eigenvalue weighted by atomic mass is 10.1. The van der Waals surface area contributed by atoms with Crippen molar-refractivity contribution in [1.29, 1.82) is 0 Å². The number of Topliss-reactive ketones (excluding diaryl/α,β-unsaturated/α-hetero) is 1. The number of methoxy groups -OCH3 is 1. The van der Waals surface area contributed by atoms with Crippen LogP contribution in [0.1, 0.15) is 10.9 Å². The molecule has 15 heavy (non-hydrogen) atoms. The van der Waals surface area contributed by atoms with Crippen molar-refractivity contribution in [3.05, 3.63) is 35.6 Å². The highest BCUT2D eigenvalue weighted by molar-refractivity contribution is 6.47. The summed E-state index contributed by atoms with van der Waals surface area (Å²) < 4.78 is 17.4. The van der Waals surface area contributed by atoms with Crippen LogP contribution in [0, 0.1) is 5.82 Å². The molecule has 1 aromatic rings. The van der Waals surface area contributed by atoms with Gasteiger partial charge in [-0.05, 0) is 6.07 Å². The summed E-state index contributed by atoms with van der Waals surface area (Å²) in [6.07, 6.45) is 0. The van der Waals surface area contributed by atoms with Crippen molar-refractivity contribution in [2.45, 2.75) is 5.38 Å². The smallest absolute Gasteiger partial charge is 0.376 e. The van der Waals surface area contributed by atoms with Crippen LogP contribution in [0.3, 0.4) is 0 Å². The number of benzene rings is 1. The van der Waals surface area contributed by atoms with E-state index in [9.17, 15) is 14.0 Å². The van der Waals surface area contributed by atoms with Gasteiger partial charge in [0.25, 0.3) is 5.78 Å². The number of ether oxygens (including phenoxy) is 1. The summed E-state index contributed by atoms with van der Waals surface area (Å²) in [4.78, 5) is 22.1. The normalized spacial score (nSPS) is 11.9. The highest BCUT2D eigenvalue weighted by atomic mass is 35.5. The Morgan fingerprint density at radius 2 is 2.00 bits per heavy atom. The number of carbonyl (C=O) groups is 2. The van der Waals surface area contributed by atoms with Gasteiger partial charge in [0.2, 0.25) is 0 Å². The molecular weight excluding hydrogens is 223 g/mol. The minimum Gasteiger partial charge on any atom is -0.463 e. The Labute approximate surface area is 90.8 Å². The van der Waals surface area contributed by atoms with E-state index in [1.807, 2.05) is 0 Å². The van der Waals surface area contributed by atoms with Crippen molar-refractivity contribution in [3.63, 3.8) is 0 Å². The summed E-state index contributed by atoms with van der Waals surface area (Å²) in [6, 6.07) is 5.49. The van der Waals surface area contributed by atoms with Crippen LogP contribution in [-0.2, 0) is 14.3 Å². The number of halogens is 2. The molecular formula is C10H8ClFO3. The van der Waals surface area contributed by atoms with Gasteiger partial charge >= 0.3 is 5.97 Å². The van der Waals surface area contributed by atoms with E-state index in [1.54, 1.807) is 0 Å². The van der Waals surface area contributed by atoms with Gasteiger partial charge in [0.05, 0.1) is 7.11 Å². The number of hydrogen-bond donors (Lipinski definition) is 0. The van der Waals surface area contributed by atoms with Gasteiger partial charge in [-0.2, -0.15) is 0 Å². The van der Waals surface area contributed by atoms with Crippen LogP contribution in [0.15, 0.2) is 24.3 Å². The van der Waals surface area contributed by atoms with Gasteiger partial charge in [-0.25, -0.2) is 9.18 Å². The lowest BCUT2D eigenvalue weighted by Crippen LogP contribution is -2.20. The molecule has 0 aliphatic rings. The van der Waals surface area contributed by atoms with Crippen molar-refractivity contribution in [2.75, 3.05) is 7.11 Å². The van der Waals surface area contributed by atoms with E-state index < -0.39 is 22.9 Å². The van der Waals surface area contributed by atoms with Crippen molar-refractivity contribution >= 4 is 23.4 Å². The van der Waals surface area contributed by atoms with Crippen LogP contribution >= 0.6 is 11.6 Å². The van der Waals surface area contributed by atoms with Crippen molar-refractivity contribution in [3.8, 4) is 0 Å². The third-order valence-electron chi connectivity index (χ3n) is 1.80. The topological polar surface area (TPSA) is 43.4 Å². The summed E-state index contributed by atoms with van der Waals surface area (Å²) in [7, 11) is 1.06. The van der Waals surface area contributed by atoms with E-state index in [4.69, 9.17) is 11.6 Å². The lowest BCUT2D eigenvalue weighted by Gasteiger charge is -2.07. The fourth-order valence-electron chi connectivity index (χ4n) is 1.03. The third-order valence-corrected chi connectivity index (χ3v) is 2.23. The van der Waals surface area contributed by atoms with E-state index in [2.05, 4.69) is 4.74 Å². The van der Waals surface area contributed by atoms with E-state index >= 15 is 0 Å². The van der Waals surface area contributed by atoms with E-state index in [1.165, 1.54) is 18.2 Å². The summed E-state index contributed by atoms with van der Waals surface area (Å²) >= 11 is 5.65. The predicted octanol–water partition coefficient (Wildman–Crippen LogP) is 1.85. The quantitative estimate of drug-likeness (QED) is 0.452. The summed E-state index contributed by atoms with van der Waals surface area (Å²) in [5, 5.41) is -1.35. The Bertz CT molecular complexity index is 392. The van der Waals surface area contributed by atoms with Crippen LogP contribution in [0.25, 0.3) is 0 Å². The number of ketones is 1. The molecule has 0 aromatic heterocycles. The molecule has 0 aliphatic carbocycles. The number of alkyl halides is 1. The molecule has 3 nitrogen and oxygen atoms in total. The summed E-state index contributed by atoms with van der Waals surface area (Å²) in [5.41, 5.74) is -0.0328. The van der Waals surface area contributed by atoms with Crippen molar-refractivity contribution in [2.24, 2.45) is 0 Å². The fraction of sp³-hybridized carbons (Fsp3) is 0.200. The molecule has 80 valence electrons. The van der Waals surface area contributed by atoms with Gasteiger partial charge in [-0.15, -0.1) is 11.6 Å². The van der Waals surface area contributed by atoms with E-state index in [0.717, 1.165) is 13.2 Å². The molecule has 1 aromatic carbocycles. The first-order valence-electron chi connectivity index (χ1n) is 4.08. The Hall–Kier alpha value is -1.42. The van der Waals surface area contributed by atoms with Crippen LogP contribution in [-0.4, -0.2) is 18.9 Å². The molecule has 5 heteroatoms. The maximum absolute atomic E-state index is 13.2. The Morgan fingerprint density at radius 3 is 2.53 bits per heavy atom. The molecule has 1 rings (SSSR count). The van der Waals surface area contributed by atoms with Crippen LogP contribution in [0.2, 0.25) is 0 Å². The summed E-state index contributed by atoms with van der Waals surface area (Å²) in [5.74, 6) is -2.70. The molecule has 1 atom stereocenters. The molecule has 0 fully saturated rings. The molecule has 0 N–H and O–H groups in total. The monoisotopic (exact) mass is 230 g/mol. The van der Waals surface area contributed by atoms with Gasteiger partial charge in [0.1, 0.15) is 11.2 Å². The average Bonchev–Trinajstić information content (AvgIpc) is 2.26. The lowest BCUT2D eigenvalue weighted by molar-refractivity contribution is -0.151. The maximum atomic E-state index is 13.2. The number of hydrogen-bond acceptors (Lipinski definition) is 3. The third kappa shape index (κ3) is 2.53. The van der Waals surface area contributed by atoms with Gasteiger partial charge in [-0.3, -0.25) is 4.79 Å². The maximum Gasteiger partial charge on any atom is 0.376 e. The minimum atomic E-state index is -1.35. The first-order chi connectivity index (χ1) is 7.07. The predicted molar refractivity (Wildman–Crippen MR) is 52.0 cm³/mol. The standard InChI is InChI=1S/C10H8ClFO3/c1-15-10(14)9(13)8(11)6-4-2-3-5-7(6)12/h2-5,8H,1H3/t8-/m1/s1. The minimum absolute atomic E-state index is 0.0328. The van der Waals surface area contributed by atoms with E-state index in [-0.39, 0.29) is 5.56 Å². The molecule has 0 aliphatic heterocycles. The highest BCUT2D eigenvalue weighted by Crippen LogP contribution is 2.24. The molecule has 0 radical (unpaired) electrons. The average molecular weight is 231 g/mol. The zero-order valence-corrected chi connectivity index (χ0v) is 8.62. The summed E-state index contributed by atoms with van der Waals surface area (Å²) in [6.45, 7) is 0. The molecule has 0 unspecified atom stereocenters. The molecule has 0 bridgehead atoms. The van der Waals surface area contributed by atoms with Crippen molar-refractivity contribution < 1.29 is 18.7 Å². The Kier molecular flexibility index (Phi) is 3.80. The highest BCUT2D eigenvalue weighted by Gasteiger charge is 2.27. The van der Waals surface area contributed by atoms with Gasteiger partial charge in [0.15, 0.2) is 0 Å². The second-order valence-electron chi connectivity index (χ2n) is 2.74. The molecule has 0 saturated heterocycles. The molecule has 0 spiro atoms. The molecule has 0 amide bonds. The second kappa shape index (κ2) is 4.89. The van der Waals surface area contributed by atoms with Crippen LogP contribution < -0.4 is 0 Å².